The highest BCUT2D eigenvalue weighted by molar-refractivity contribution is 5.80. The number of nitrogens with one attached hydrogen (secondary N) is 2. The van der Waals surface area contributed by atoms with Gasteiger partial charge in [0.2, 0.25) is 0 Å². The third-order valence-electron chi connectivity index (χ3n) is 4.09. The van der Waals surface area contributed by atoms with E-state index in [0.29, 0.717) is 12.0 Å². The van der Waals surface area contributed by atoms with Crippen molar-refractivity contribution in [2.75, 3.05) is 19.7 Å². The quantitative estimate of drug-likeness (QED) is 0.600. The highest BCUT2D eigenvalue weighted by Crippen LogP contribution is 2.11. The molecule has 1 fully saturated rings. The molecule has 1 aromatic heterocycles. The second-order valence-corrected chi connectivity index (χ2v) is 6.26. The Morgan fingerprint density at radius 1 is 1.41 bits per heavy atom. The standard InChI is InChI=1S/C17H29N3O2/c1-13(2)14(3)20-17(19-12-16-7-5-11-22-16)18-9-8-15-6-4-10-21-15/h4,6,10,13-14,16H,5,7-9,11-12H2,1-3H3,(H2,18,19,20). The van der Waals surface area contributed by atoms with Crippen LogP contribution in [0.15, 0.2) is 27.8 Å². The fourth-order valence-electron chi connectivity index (χ4n) is 2.28. The molecule has 1 aromatic rings. The summed E-state index contributed by atoms with van der Waals surface area (Å²) >= 11 is 0. The highest BCUT2D eigenvalue weighted by Gasteiger charge is 2.16. The average molecular weight is 307 g/mol. The molecule has 5 heteroatoms. The molecule has 0 bridgehead atoms. The minimum absolute atomic E-state index is 0.276. The second kappa shape index (κ2) is 8.83. The van der Waals surface area contributed by atoms with E-state index in [-0.39, 0.29) is 6.10 Å². The zero-order chi connectivity index (χ0) is 15.8. The summed E-state index contributed by atoms with van der Waals surface area (Å²) in [5, 5.41) is 6.86. The summed E-state index contributed by atoms with van der Waals surface area (Å²) in [5.41, 5.74) is 0. The molecule has 2 N–H and O–H groups in total. The SMILES string of the molecule is CC(C)C(C)NC(=NCC1CCCO1)NCCc1ccco1. The summed E-state index contributed by atoms with van der Waals surface area (Å²) in [7, 11) is 0. The van der Waals surface area contributed by atoms with E-state index < -0.39 is 0 Å². The molecule has 1 aliphatic heterocycles. The second-order valence-electron chi connectivity index (χ2n) is 6.26. The van der Waals surface area contributed by atoms with E-state index in [1.807, 2.05) is 12.1 Å². The Kier molecular flexibility index (Phi) is 6.77. The molecule has 2 heterocycles. The Bertz CT molecular complexity index is 437. The van der Waals surface area contributed by atoms with Crippen LogP contribution in [0.5, 0.6) is 0 Å². The lowest BCUT2D eigenvalue weighted by Gasteiger charge is -2.21. The molecule has 1 saturated heterocycles. The maximum Gasteiger partial charge on any atom is 0.191 e. The minimum atomic E-state index is 0.276. The first-order chi connectivity index (χ1) is 10.6. The summed E-state index contributed by atoms with van der Waals surface area (Å²) in [6.45, 7) is 8.99. The molecule has 5 nitrogen and oxygen atoms in total. The maximum atomic E-state index is 5.64. The monoisotopic (exact) mass is 307 g/mol. The first-order valence-electron chi connectivity index (χ1n) is 8.34. The molecule has 0 saturated carbocycles. The van der Waals surface area contributed by atoms with Gasteiger partial charge in [-0.15, -0.1) is 0 Å². The topological polar surface area (TPSA) is 58.8 Å². The van der Waals surface area contributed by atoms with Crippen molar-refractivity contribution in [2.45, 2.75) is 52.2 Å². The molecule has 22 heavy (non-hydrogen) atoms. The van der Waals surface area contributed by atoms with Crippen molar-refractivity contribution in [3.05, 3.63) is 24.2 Å². The van der Waals surface area contributed by atoms with Crippen LogP contribution in [0.2, 0.25) is 0 Å². The molecular formula is C17H29N3O2. The zero-order valence-electron chi connectivity index (χ0n) is 14.0. The minimum Gasteiger partial charge on any atom is -0.469 e. The van der Waals surface area contributed by atoms with Gasteiger partial charge in [0.1, 0.15) is 5.76 Å². The van der Waals surface area contributed by atoms with Gasteiger partial charge in [-0.3, -0.25) is 4.99 Å². The number of furan rings is 1. The van der Waals surface area contributed by atoms with E-state index in [1.54, 1.807) is 6.26 Å². The van der Waals surface area contributed by atoms with Gasteiger partial charge in [-0.1, -0.05) is 13.8 Å². The normalized spacial score (nSPS) is 20.4. The van der Waals surface area contributed by atoms with Crippen LogP contribution < -0.4 is 10.6 Å². The Morgan fingerprint density at radius 2 is 2.27 bits per heavy atom. The van der Waals surface area contributed by atoms with Gasteiger partial charge in [0.15, 0.2) is 5.96 Å². The maximum absolute atomic E-state index is 5.64. The van der Waals surface area contributed by atoms with Crippen molar-refractivity contribution in [3.8, 4) is 0 Å². The van der Waals surface area contributed by atoms with Gasteiger partial charge in [0.25, 0.3) is 0 Å². The van der Waals surface area contributed by atoms with E-state index >= 15 is 0 Å². The lowest BCUT2D eigenvalue weighted by atomic mass is 10.1. The largest absolute Gasteiger partial charge is 0.469 e. The van der Waals surface area contributed by atoms with Crippen molar-refractivity contribution in [2.24, 2.45) is 10.9 Å². The van der Waals surface area contributed by atoms with Crippen molar-refractivity contribution in [1.82, 2.24) is 10.6 Å². The van der Waals surface area contributed by atoms with Crippen LogP contribution in [0.3, 0.4) is 0 Å². The van der Waals surface area contributed by atoms with Crippen LogP contribution in [0.1, 0.15) is 39.4 Å². The van der Waals surface area contributed by atoms with Crippen LogP contribution in [-0.2, 0) is 11.2 Å². The van der Waals surface area contributed by atoms with E-state index in [0.717, 1.165) is 50.7 Å². The zero-order valence-corrected chi connectivity index (χ0v) is 14.0. The molecule has 2 rings (SSSR count). The fraction of sp³-hybridized carbons (Fsp3) is 0.706. The first kappa shape index (κ1) is 16.9. The Hall–Kier alpha value is -1.49. The predicted molar refractivity (Wildman–Crippen MR) is 89.1 cm³/mol. The third kappa shape index (κ3) is 5.72. The third-order valence-corrected chi connectivity index (χ3v) is 4.09. The molecule has 0 aromatic carbocycles. The van der Waals surface area contributed by atoms with Gasteiger partial charge >= 0.3 is 0 Å². The van der Waals surface area contributed by atoms with Gasteiger partial charge in [-0.05, 0) is 37.8 Å². The van der Waals surface area contributed by atoms with Gasteiger partial charge < -0.3 is 19.8 Å². The molecule has 0 radical (unpaired) electrons. The first-order valence-corrected chi connectivity index (χ1v) is 8.34. The number of hydrogen-bond donors (Lipinski definition) is 2. The molecule has 124 valence electrons. The Morgan fingerprint density at radius 3 is 2.91 bits per heavy atom. The van der Waals surface area contributed by atoms with Crippen molar-refractivity contribution in [1.29, 1.82) is 0 Å². The van der Waals surface area contributed by atoms with Crippen molar-refractivity contribution >= 4 is 5.96 Å². The number of rotatable bonds is 7. The smallest absolute Gasteiger partial charge is 0.191 e. The lowest BCUT2D eigenvalue weighted by molar-refractivity contribution is 0.117. The molecule has 0 amide bonds. The molecule has 2 atom stereocenters. The van der Waals surface area contributed by atoms with Gasteiger partial charge in [0, 0.05) is 25.6 Å². The molecular weight excluding hydrogens is 278 g/mol. The van der Waals surface area contributed by atoms with Crippen LogP contribution in [0.4, 0.5) is 0 Å². The van der Waals surface area contributed by atoms with E-state index in [4.69, 9.17) is 9.15 Å². The summed E-state index contributed by atoms with van der Waals surface area (Å²) in [4.78, 5) is 4.69. The van der Waals surface area contributed by atoms with Crippen LogP contribution >= 0.6 is 0 Å². The predicted octanol–water partition coefficient (Wildman–Crippen LogP) is 2.58. The number of guanidine groups is 1. The molecule has 1 aliphatic rings. The van der Waals surface area contributed by atoms with Gasteiger partial charge in [-0.25, -0.2) is 0 Å². The van der Waals surface area contributed by atoms with Crippen LogP contribution in [0, 0.1) is 5.92 Å². The number of aliphatic imine (C=N–C) groups is 1. The van der Waals surface area contributed by atoms with E-state index in [1.165, 1.54) is 0 Å². The Balaban J connectivity index is 1.83. The van der Waals surface area contributed by atoms with E-state index in [2.05, 4.69) is 36.4 Å². The molecule has 2 unspecified atom stereocenters. The number of ether oxygens (including phenoxy) is 1. The summed E-state index contributed by atoms with van der Waals surface area (Å²) in [6, 6.07) is 4.29. The lowest BCUT2D eigenvalue weighted by Crippen LogP contribution is -2.45. The fourth-order valence-corrected chi connectivity index (χ4v) is 2.28. The summed E-state index contributed by atoms with van der Waals surface area (Å²) < 4.78 is 11.0. The van der Waals surface area contributed by atoms with Crippen LogP contribution in [0.25, 0.3) is 0 Å². The van der Waals surface area contributed by atoms with Crippen molar-refractivity contribution < 1.29 is 9.15 Å². The van der Waals surface area contributed by atoms with Gasteiger partial charge in [-0.2, -0.15) is 0 Å². The van der Waals surface area contributed by atoms with Gasteiger partial charge in [0.05, 0.1) is 18.9 Å². The van der Waals surface area contributed by atoms with Crippen LogP contribution in [-0.4, -0.2) is 37.8 Å². The van der Waals surface area contributed by atoms with E-state index in [9.17, 15) is 0 Å². The average Bonchev–Trinajstić information content (AvgIpc) is 3.17. The van der Waals surface area contributed by atoms with Crippen molar-refractivity contribution in [3.63, 3.8) is 0 Å². The molecule has 0 spiro atoms. The summed E-state index contributed by atoms with van der Waals surface area (Å²) in [6.07, 6.45) is 5.10. The summed E-state index contributed by atoms with van der Waals surface area (Å²) in [5.74, 6) is 2.41. The highest BCUT2D eigenvalue weighted by atomic mass is 16.5. The number of hydrogen-bond acceptors (Lipinski definition) is 3. The number of nitrogens with zero attached hydrogens (tertiary/aromatic N) is 1. The molecule has 0 aliphatic carbocycles. The Labute approximate surface area is 133 Å².